The molecule has 0 radical (unpaired) electrons. The van der Waals surface area contributed by atoms with E-state index in [0.29, 0.717) is 53.5 Å². The lowest BCUT2D eigenvalue weighted by Gasteiger charge is -2.36. The van der Waals surface area contributed by atoms with Gasteiger partial charge in [-0.2, -0.15) is 13.2 Å². The Balaban J connectivity index is 1.14. The Morgan fingerprint density at radius 2 is 1.57 bits per heavy atom. The first-order valence-corrected chi connectivity index (χ1v) is 14.4. The fourth-order valence-electron chi connectivity index (χ4n) is 4.77. The van der Waals surface area contributed by atoms with Crippen LogP contribution in [0, 0.1) is 0 Å². The van der Waals surface area contributed by atoms with Gasteiger partial charge in [0, 0.05) is 75.4 Å². The van der Waals surface area contributed by atoms with Crippen molar-refractivity contribution in [1.82, 2.24) is 19.8 Å². The van der Waals surface area contributed by atoms with Crippen LogP contribution in [0.2, 0.25) is 5.15 Å². The fourth-order valence-corrected chi connectivity index (χ4v) is 5.81. The second kappa shape index (κ2) is 12.2. The van der Waals surface area contributed by atoms with E-state index in [1.165, 1.54) is 17.8 Å². The van der Waals surface area contributed by atoms with Gasteiger partial charge in [0.2, 0.25) is 0 Å². The summed E-state index contributed by atoms with van der Waals surface area (Å²) in [4.78, 5) is 30.3. The number of amides is 1. The maximum atomic E-state index is 13.1. The van der Waals surface area contributed by atoms with E-state index in [2.05, 4.69) is 21.8 Å². The van der Waals surface area contributed by atoms with Crippen molar-refractivity contribution in [1.29, 1.82) is 0 Å². The molecule has 0 N–H and O–H groups in total. The molecule has 12 heteroatoms. The highest BCUT2D eigenvalue weighted by Crippen LogP contribution is 2.32. The average molecular weight is 591 g/mol. The van der Waals surface area contributed by atoms with Gasteiger partial charge in [0.25, 0.3) is 5.91 Å². The average Bonchev–Trinajstić information content (AvgIpc) is 2.96. The summed E-state index contributed by atoms with van der Waals surface area (Å²) < 4.78 is 39.2. The molecule has 2 aliphatic rings. The monoisotopic (exact) mass is 590 g/mol. The predicted octanol–water partition coefficient (Wildman–Crippen LogP) is 5.16. The van der Waals surface area contributed by atoms with Crippen LogP contribution < -0.4 is 9.80 Å². The first-order valence-electron chi connectivity index (χ1n) is 13.1. The van der Waals surface area contributed by atoms with Crippen molar-refractivity contribution in [2.75, 3.05) is 69.2 Å². The zero-order chi connectivity index (χ0) is 28.3. The molecule has 0 unspecified atom stereocenters. The lowest BCUT2D eigenvalue weighted by atomic mass is 10.1. The number of likely N-dealkylation sites (N-methyl/N-ethyl adjacent to an activating group) is 1. The van der Waals surface area contributed by atoms with E-state index in [-0.39, 0.29) is 5.91 Å². The quantitative estimate of drug-likeness (QED) is 0.223. The number of nitrogens with zero attached hydrogens (tertiary/aromatic N) is 6. The summed E-state index contributed by atoms with van der Waals surface area (Å²) in [5, 5.41) is 1.03. The number of piperazine rings is 2. The first kappa shape index (κ1) is 28.5. The van der Waals surface area contributed by atoms with Crippen molar-refractivity contribution >= 4 is 40.8 Å². The molecule has 0 spiro atoms. The highest BCUT2D eigenvalue weighted by Gasteiger charge is 2.31. The number of carbonyl (C=O) groups excluding carboxylic acids is 1. The number of alkyl halides is 3. The molecule has 1 aromatic heterocycles. The van der Waals surface area contributed by atoms with Gasteiger partial charge in [-0.3, -0.25) is 4.79 Å². The minimum absolute atomic E-state index is 0.0853. The summed E-state index contributed by atoms with van der Waals surface area (Å²) in [6.07, 6.45) is -4.38. The minimum atomic E-state index is -4.38. The molecular formula is C28H30ClF3N6OS. The third-order valence-corrected chi connectivity index (χ3v) is 8.27. The van der Waals surface area contributed by atoms with Crippen molar-refractivity contribution in [2.45, 2.75) is 17.1 Å². The molecule has 3 heterocycles. The number of benzene rings is 2. The van der Waals surface area contributed by atoms with Crippen LogP contribution in [0.5, 0.6) is 0 Å². The molecule has 1 amide bonds. The number of anilines is 2. The number of aromatic nitrogens is 2. The molecule has 0 aliphatic carbocycles. The standard InChI is InChI=1S/C28H30ClF3N6OS/c1-35-9-11-37(12-10-35)25-18-24(29)33-27(34-25)40-19-20-5-7-21(8-6-20)26(39)38-15-13-36(14-16-38)23-4-2-3-22(17-23)28(30,31)32/h2-8,17-18H,9-16,19H2,1H3. The molecule has 7 nitrogen and oxygen atoms in total. The van der Waals surface area contributed by atoms with Gasteiger partial charge in [-0.25, -0.2) is 9.97 Å². The lowest BCUT2D eigenvalue weighted by Crippen LogP contribution is -2.48. The maximum absolute atomic E-state index is 13.1. The number of rotatable bonds is 6. The fraction of sp³-hybridized carbons (Fsp3) is 0.393. The van der Waals surface area contributed by atoms with Crippen LogP contribution in [0.4, 0.5) is 24.7 Å². The summed E-state index contributed by atoms with van der Waals surface area (Å²) in [6.45, 7) is 5.55. The Hall–Kier alpha value is -3.02. The number of thioether (sulfide) groups is 1. The zero-order valence-electron chi connectivity index (χ0n) is 22.1. The van der Waals surface area contributed by atoms with Crippen LogP contribution in [-0.2, 0) is 11.9 Å². The molecule has 3 aromatic rings. The number of hydrogen-bond donors (Lipinski definition) is 0. The van der Waals surface area contributed by atoms with Crippen molar-refractivity contribution in [3.05, 3.63) is 76.4 Å². The number of halogens is 4. The number of hydrogen-bond acceptors (Lipinski definition) is 7. The Kier molecular flexibility index (Phi) is 8.72. The van der Waals surface area contributed by atoms with Crippen LogP contribution in [0.15, 0.2) is 59.8 Å². The summed E-state index contributed by atoms with van der Waals surface area (Å²) in [6, 6.07) is 14.6. The van der Waals surface area contributed by atoms with Gasteiger partial charge in [-0.1, -0.05) is 41.6 Å². The van der Waals surface area contributed by atoms with E-state index in [4.69, 9.17) is 16.6 Å². The molecular weight excluding hydrogens is 561 g/mol. The van der Waals surface area contributed by atoms with Crippen LogP contribution >= 0.6 is 23.4 Å². The molecule has 2 fully saturated rings. The van der Waals surface area contributed by atoms with E-state index in [9.17, 15) is 18.0 Å². The highest BCUT2D eigenvalue weighted by molar-refractivity contribution is 7.98. The normalized spacial score (nSPS) is 16.9. The van der Waals surface area contributed by atoms with E-state index >= 15 is 0 Å². The Labute approximate surface area is 240 Å². The van der Waals surface area contributed by atoms with Gasteiger partial charge in [-0.05, 0) is 42.9 Å². The number of carbonyl (C=O) groups is 1. The summed E-state index contributed by atoms with van der Waals surface area (Å²) in [7, 11) is 2.11. The van der Waals surface area contributed by atoms with Gasteiger partial charge < -0.3 is 19.6 Å². The van der Waals surface area contributed by atoms with Crippen molar-refractivity contribution < 1.29 is 18.0 Å². The zero-order valence-corrected chi connectivity index (χ0v) is 23.6. The Morgan fingerprint density at radius 1 is 0.900 bits per heavy atom. The topological polar surface area (TPSA) is 55.8 Å². The lowest BCUT2D eigenvalue weighted by molar-refractivity contribution is -0.137. The van der Waals surface area contributed by atoms with E-state index < -0.39 is 11.7 Å². The van der Waals surface area contributed by atoms with Crippen molar-refractivity contribution in [2.24, 2.45) is 0 Å². The van der Waals surface area contributed by atoms with E-state index in [0.717, 1.165) is 49.7 Å². The molecule has 2 aromatic carbocycles. The van der Waals surface area contributed by atoms with E-state index in [1.807, 2.05) is 29.2 Å². The predicted molar refractivity (Wildman–Crippen MR) is 152 cm³/mol. The van der Waals surface area contributed by atoms with E-state index in [1.54, 1.807) is 17.0 Å². The molecule has 40 heavy (non-hydrogen) atoms. The van der Waals surface area contributed by atoms with Crippen LogP contribution in [0.1, 0.15) is 21.5 Å². The van der Waals surface area contributed by atoms with Crippen molar-refractivity contribution in [3.63, 3.8) is 0 Å². The Bertz CT molecular complexity index is 1330. The molecule has 0 saturated carbocycles. The maximum Gasteiger partial charge on any atom is 0.416 e. The van der Waals surface area contributed by atoms with Crippen molar-refractivity contribution in [3.8, 4) is 0 Å². The van der Waals surface area contributed by atoms with Gasteiger partial charge in [0.1, 0.15) is 11.0 Å². The van der Waals surface area contributed by atoms with Gasteiger partial charge in [-0.15, -0.1) is 0 Å². The first-order chi connectivity index (χ1) is 19.2. The molecule has 2 aliphatic heterocycles. The van der Waals surface area contributed by atoms with Crippen LogP contribution in [0.3, 0.4) is 0 Å². The third-order valence-electron chi connectivity index (χ3n) is 7.16. The molecule has 212 valence electrons. The smallest absolute Gasteiger partial charge is 0.368 e. The second-order valence-corrected chi connectivity index (χ2v) is 11.3. The summed E-state index contributed by atoms with van der Waals surface area (Å²) >= 11 is 7.78. The SMILES string of the molecule is CN1CCN(c2cc(Cl)nc(SCc3ccc(C(=O)N4CCN(c5cccc(C(F)(F)F)c5)CC4)cc3)n2)CC1. The second-order valence-electron chi connectivity index (χ2n) is 9.93. The summed E-state index contributed by atoms with van der Waals surface area (Å²) in [5.74, 6) is 1.38. The molecule has 0 atom stereocenters. The largest absolute Gasteiger partial charge is 0.416 e. The summed E-state index contributed by atoms with van der Waals surface area (Å²) in [5.41, 5.74) is 1.46. The minimum Gasteiger partial charge on any atom is -0.368 e. The highest BCUT2D eigenvalue weighted by atomic mass is 35.5. The molecule has 0 bridgehead atoms. The van der Waals surface area contributed by atoms with Gasteiger partial charge in [0.05, 0.1) is 5.56 Å². The Morgan fingerprint density at radius 3 is 2.25 bits per heavy atom. The molecule has 5 rings (SSSR count). The third kappa shape index (κ3) is 7.00. The molecule has 2 saturated heterocycles. The van der Waals surface area contributed by atoms with Gasteiger partial charge >= 0.3 is 6.18 Å². The van der Waals surface area contributed by atoms with Crippen LogP contribution in [-0.4, -0.2) is 85.1 Å². The van der Waals surface area contributed by atoms with Gasteiger partial charge in [0.15, 0.2) is 5.16 Å². The van der Waals surface area contributed by atoms with Crippen LogP contribution in [0.25, 0.3) is 0 Å².